The average Bonchev–Trinajstić information content (AvgIpc) is 2.62. The third-order valence-corrected chi connectivity index (χ3v) is 2.83. The molecule has 1 atom stereocenters. The van der Waals surface area contributed by atoms with E-state index in [1.165, 1.54) is 17.0 Å². The van der Waals surface area contributed by atoms with Gasteiger partial charge in [0.2, 0.25) is 0 Å². The largest absolute Gasteiger partial charge is 0.507 e. The summed E-state index contributed by atoms with van der Waals surface area (Å²) in [5, 5.41) is 18.9. The van der Waals surface area contributed by atoms with Gasteiger partial charge in [0.1, 0.15) is 17.5 Å². The number of nitrogens with zero attached hydrogens (tertiary/aromatic N) is 1. The summed E-state index contributed by atoms with van der Waals surface area (Å²) < 4.78 is 38.5. The number of aromatic hydroxyl groups is 1. The molecule has 1 aromatic rings. The SMILES string of the molecule is Oc1cccc(N2CCCC2O)c1C(F)(F)F. The molecule has 2 rings (SSSR count). The van der Waals surface area contributed by atoms with Crippen molar-refractivity contribution in [3.8, 4) is 5.75 Å². The Morgan fingerprint density at radius 3 is 2.53 bits per heavy atom. The quantitative estimate of drug-likeness (QED) is 0.800. The van der Waals surface area contributed by atoms with E-state index >= 15 is 0 Å². The minimum absolute atomic E-state index is 0.164. The molecule has 2 N–H and O–H groups in total. The van der Waals surface area contributed by atoms with Gasteiger partial charge in [-0.3, -0.25) is 0 Å². The van der Waals surface area contributed by atoms with Crippen LogP contribution in [0.25, 0.3) is 0 Å². The summed E-state index contributed by atoms with van der Waals surface area (Å²) in [5.74, 6) is -0.811. The van der Waals surface area contributed by atoms with Crippen molar-refractivity contribution in [1.29, 1.82) is 0 Å². The molecule has 17 heavy (non-hydrogen) atoms. The number of anilines is 1. The molecule has 0 amide bonds. The molecule has 0 saturated carbocycles. The Morgan fingerprint density at radius 2 is 2.00 bits per heavy atom. The van der Waals surface area contributed by atoms with Gasteiger partial charge in [-0.2, -0.15) is 13.2 Å². The molecular weight excluding hydrogens is 235 g/mol. The van der Waals surface area contributed by atoms with Gasteiger partial charge in [-0.1, -0.05) is 6.07 Å². The van der Waals surface area contributed by atoms with Crippen molar-refractivity contribution in [3.05, 3.63) is 23.8 Å². The summed E-state index contributed by atoms with van der Waals surface area (Å²) in [6.07, 6.45) is -4.48. The molecule has 1 unspecified atom stereocenters. The first-order valence-electron chi connectivity index (χ1n) is 5.25. The van der Waals surface area contributed by atoms with Crippen molar-refractivity contribution in [2.45, 2.75) is 25.2 Å². The second-order valence-corrected chi connectivity index (χ2v) is 3.99. The van der Waals surface area contributed by atoms with Crippen molar-refractivity contribution in [3.63, 3.8) is 0 Å². The molecule has 0 aliphatic carbocycles. The standard InChI is InChI=1S/C11H12F3NO2/c12-11(13,14)10-7(3-1-4-8(10)16)15-6-2-5-9(15)17/h1,3-4,9,16-17H,2,5-6H2. The van der Waals surface area contributed by atoms with E-state index in [1.807, 2.05) is 0 Å². The molecule has 0 spiro atoms. The lowest BCUT2D eigenvalue weighted by molar-refractivity contribution is -0.138. The number of halogens is 3. The molecule has 1 heterocycles. The van der Waals surface area contributed by atoms with Crippen LogP contribution in [0.2, 0.25) is 0 Å². The summed E-state index contributed by atoms with van der Waals surface area (Å²) in [7, 11) is 0. The lowest BCUT2D eigenvalue weighted by Gasteiger charge is -2.26. The number of benzene rings is 1. The fourth-order valence-corrected chi connectivity index (χ4v) is 2.09. The topological polar surface area (TPSA) is 43.7 Å². The zero-order valence-electron chi connectivity index (χ0n) is 8.91. The molecule has 3 nitrogen and oxygen atoms in total. The fourth-order valence-electron chi connectivity index (χ4n) is 2.09. The zero-order valence-corrected chi connectivity index (χ0v) is 8.91. The first-order valence-corrected chi connectivity index (χ1v) is 5.25. The molecule has 0 aromatic heterocycles. The maximum absolute atomic E-state index is 12.8. The Hall–Kier alpha value is -1.43. The summed E-state index contributed by atoms with van der Waals surface area (Å²) in [6, 6.07) is 3.59. The Balaban J connectivity index is 2.50. The van der Waals surface area contributed by atoms with E-state index in [1.54, 1.807) is 0 Å². The maximum atomic E-state index is 12.8. The summed E-state index contributed by atoms with van der Waals surface area (Å²) in [4.78, 5) is 1.27. The molecule has 1 aromatic carbocycles. The Kier molecular flexibility index (Phi) is 2.91. The van der Waals surface area contributed by atoms with Crippen molar-refractivity contribution >= 4 is 5.69 Å². The van der Waals surface area contributed by atoms with E-state index in [-0.39, 0.29) is 5.69 Å². The predicted octanol–water partition coefficient (Wildman–Crippen LogP) is 2.33. The third kappa shape index (κ3) is 2.17. The van der Waals surface area contributed by atoms with E-state index in [4.69, 9.17) is 0 Å². The zero-order chi connectivity index (χ0) is 12.6. The van der Waals surface area contributed by atoms with Crippen LogP contribution in [0.1, 0.15) is 18.4 Å². The smallest absolute Gasteiger partial charge is 0.421 e. The van der Waals surface area contributed by atoms with E-state index in [0.717, 1.165) is 6.07 Å². The van der Waals surface area contributed by atoms with Gasteiger partial charge in [0, 0.05) is 6.54 Å². The Morgan fingerprint density at radius 1 is 1.29 bits per heavy atom. The fraction of sp³-hybridized carbons (Fsp3) is 0.455. The monoisotopic (exact) mass is 247 g/mol. The minimum atomic E-state index is -4.64. The number of rotatable bonds is 1. The predicted molar refractivity (Wildman–Crippen MR) is 55.7 cm³/mol. The van der Waals surface area contributed by atoms with Crippen molar-refractivity contribution in [1.82, 2.24) is 0 Å². The number of hydrogen-bond donors (Lipinski definition) is 2. The Bertz CT molecular complexity index is 420. The molecule has 1 saturated heterocycles. The van der Waals surface area contributed by atoms with Crippen LogP contribution in [0.3, 0.4) is 0 Å². The van der Waals surface area contributed by atoms with Gasteiger partial charge >= 0.3 is 6.18 Å². The van der Waals surface area contributed by atoms with E-state index < -0.39 is 23.7 Å². The highest BCUT2D eigenvalue weighted by Crippen LogP contribution is 2.43. The van der Waals surface area contributed by atoms with Crippen molar-refractivity contribution in [2.75, 3.05) is 11.4 Å². The first kappa shape index (κ1) is 12.0. The molecule has 0 radical (unpaired) electrons. The number of phenols is 1. The van der Waals surface area contributed by atoms with Crippen LogP contribution >= 0.6 is 0 Å². The van der Waals surface area contributed by atoms with Gasteiger partial charge < -0.3 is 15.1 Å². The number of aliphatic hydroxyl groups excluding tert-OH is 1. The van der Waals surface area contributed by atoms with Crippen LogP contribution in [0.15, 0.2) is 18.2 Å². The van der Waals surface area contributed by atoms with Gasteiger partial charge in [0.25, 0.3) is 0 Å². The summed E-state index contributed by atoms with van der Waals surface area (Å²) in [6.45, 7) is 0.355. The lowest BCUT2D eigenvalue weighted by atomic mass is 10.1. The molecular formula is C11H12F3NO2. The molecule has 94 valence electrons. The van der Waals surface area contributed by atoms with Gasteiger partial charge in [0.15, 0.2) is 0 Å². The number of phenolic OH excluding ortho intramolecular Hbond substituents is 1. The molecule has 0 bridgehead atoms. The van der Waals surface area contributed by atoms with Crippen LogP contribution in [0.4, 0.5) is 18.9 Å². The number of hydrogen-bond acceptors (Lipinski definition) is 3. The maximum Gasteiger partial charge on any atom is 0.421 e. The van der Waals surface area contributed by atoms with Gasteiger partial charge in [-0.05, 0) is 25.0 Å². The average molecular weight is 247 g/mol. The van der Waals surface area contributed by atoms with Gasteiger partial charge in [-0.25, -0.2) is 0 Å². The highest BCUT2D eigenvalue weighted by Gasteiger charge is 2.39. The van der Waals surface area contributed by atoms with Crippen LogP contribution in [0.5, 0.6) is 5.75 Å². The first-order chi connectivity index (χ1) is 7.91. The van der Waals surface area contributed by atoms with Crippen LogP contribution in [-0.4, -0.2) is 23.0 Å². The third-order valence-electron chi connectivity index (χ3n) is 2.83. The molecule has 1 fully saturated rings. The normalized spacial score (nSPS) is 20.9. The van der Waals surface area contributed by atoms with Crippen molar-refractivity contribution in [2.24, 2.45) is 0 Å². The van der Waals surface area contributed by atoms with Crippen molar-refractivity contribution < 1.29 is 23.4 Å². The van der Waals surface area contributed by atoms with Crippen LogP contribution in [0, 0.1) is 0 Å². The molecule has 1 aliphatic rings. The second kappa shape index (κ2) is 4.10. The van der Waals surface area contributed by atoms with Crippen LogP contribution < -0.4 is 4.90 Å². The van der Waals surface area contributed by atoms with E-state index in [9.17, 15) is 23.4 Å². The molecule has 6 heteroatoms. The van der Waals surface area contributed by atoms with Gasteiger partial charge in [0.05, 0.1) is 5.69 Å². The number of alkyl halides is 3. The van der Waals surface area contributed by atoms with Gasteiger partial charge in [-0.15, -0.1) is 0 Å². The lowest BCUT2D eigenvalue weighted by Crippen LogP contribution is -2.30. The summed E-state index contributed by atoms with van der Waals surface area (Å²) >= 11 is 0. The molecule has 1 aliphatic heterocycles. The van der Waals surface area contributed by atoms with E-state index in [0.29, 0.717) is 19.4 Å². The highest BCUT2D eigenvalue weighted by molar-refractivity contribution is 5.61. The van der Waals surface area contributed by atoms with Crippen LogP contribution in [-0.2, 0) is 6.18 Å². The van der Waals surface area contributed by atoms with E-state index in [2.05, 4.69) is 0 Å². The minimum Gasteiger partial charge on any atom is -0.507 e. The number of aliphatic hydroxyl groups is 1. The summed E-state index contributed by atoms with van der Waals surface area (Å²) in [5.41, 5.74) is -1.25. The second-order valence-electron chi connectivity index (χ2n) is 3.99. The Labute approximate surface area is 96.1 Å². The highest BCUT2D eigenvalue weighted by atomic mass is 19.4.